The van der Waals surface area contributed by atoms with E-state index in [-0.39, 0.29) is 6.61 Å². The van der Waals surface area contributed by atoms with Crippen LogP contribution in [0.3, 0.4) is 0 Å². The zero-order chi connectivity index (χ0) is 14.8. The molecule has 0 aliphatic carbocycles. The Kier molecular flexibility index (Phi) is 8.26. The quantitative estimate of drug-likeness (QED) is 0.669. The molecule has 0 aliphatic rings. The Morgan fingerprint density at radius 2 is 1.65 bits per heavy atom. The Balaban J connectivity index is 2.73. The minimum atomic E-state index is 0.0824. The lowest BCUT2D eigenvalue weighted by atomic mass is 10.1. The van der Waals surface area contributed by atoms with E-state index < -0.39 is 0 Å². The molecule has 0 heterocycles. The molecule has 0 saturated heterocycles. The number of rotatable bonds is 10. The van der Waals surface area contributed by atoms with Crippen LogP contribution >= 0.6 is 0 Å². The van der Waals surface area contributed by atoms with Crippen LogP contribution in [0.5, 0.6) is 0 Å². The molecular formula is C16H27NO3. The van der Waals surface area contributed by atoms with Gasteiger partial charge in [0.1, 0.15) is 0 Å². The fourth-order valence-electron chi connectivity index (χ4n) is 2.16. The van der Waals surface area contributed by atoms with E-state index in [1.807, 2.05) is 26.0 Å². The number of nitrogens with zero attached hydrogens (tertiary/aromatic N) is 1. The van der Waals surface area contributed by atoms with Gasteiger partial charge in [0, 0.05) is 32.0 Å². The summed E-state index contributed by atoms with van der Waals surface area (Å²) in [5.74, 6) is 0. The van der Waals surface area contributed by atoms with E-state index in [0.717, 1.165) is 31.9 Å². The van der Waals surface area contributed by atoms with Crippen molar-refractivity contribution in [3.63, 3.8) is 0 Å². The SMILES string of the molecule is CCOCCN(CCOCC)c1ccc(CO)cc1C. The van der Waals surface area contributed by atoms with Crippen molar-refractivity contribution in [1.29, 1.82) is 0 Å². The summed E-state index contributed by atoms with van der Waals surface area (Å²) in [5.41, 5.74) is 3.30. The van der Waals surface area contributed by atoms with E-state index in [0.29, 0.717) is 13.2 Å². The molecular weight excluding hydrogens is 254 g/mol. The van der Waals surface area contributed by atoms with Crippen molar-refractivity contribution < 1.29 is 14.6 Å². The third kappa shape index (κ3) is 5.49. The first-order valence-electron chi connectivity index (χ1n) is 7.33. The lowest BCUT2D eigenvalue weighted by molar-refractivity contribution is 0.141. The molecule has 1 aromatic rings. The minimum Gasteiger partial charge on any atom is -0.392 e. The van der Waals surface area contributed by atoms with Gasteiger partial charge in [-0.1, -0.05) is 12.1 Å². The summed E-state index contributed by atoms with van der Waals surface area (Å²) in [4.78, 5) is 2.28. The van der Waals surface area contributed by atoms with Crippen LogP contribution in [-0.4, -0.2) is 44.6 Å². The predicted octanol–water partition coefficient (Wildman–Crippen LogP) is 2.37. The molecule has 0 unspecified atom stereocenters. The summed E-state index contributed by atoms with van der Waals surface area (Å²) < 4.78 is 10.9. The van der Waals surface area contributed by atoms with Crippen molar-refractivity contribution in [2.75, 3.05) is 44.4 Å². The van der Waals surface area contributed by atoms with Gasteiger partial charge >= 0.3 is 0 Å². The molecule has 4 heteroatoms. The zero-order valence-electron chi connectivity index (χ0n) is 12.9. The fourth-order valence-corrected chi connectivity index (χ4v) is 2.16. The third-order valence-electron chi connectivity index (χ3n) is 3.20. The number of aliphatic hydroxyl groups excluding tert-OH is 1. The standard InChI is InChI=1S/C16H27NO3/c1-4-19-10-8-17(9-11-20-5-2)16-7-6-15(13-18)12-14(16)3/h6-7,12,18H,4-5,8-11,13H2,1-3H3. The molecule has 0 aliphatic heterocycles. The van der Waals surface area contributed by atoms with Crippen molar-refractivity contribution in [1.82, 2.24) is 0 Å². The van der Waals surface area contributed by atoms with Crippen molar-refractivity contribution in [2.45, 2.75) is 27.4 Å². The highest BCUT2D eigenvalue weighted by atomic mass is 16.5. The molecule has 1 rings (SSSR count). The third-order valence-corrected chi connectivity index (χ3v) is 3.20. The van der Waals surface area contributed by atoms with Crippen LogP contribution in [0.2, 0.25) is 0 Å². The smallest absolute Gasteiger partial charge is 0.0681 e. The molecule has 114 valence electrons. The molecule has 0 fully saturated rings. The first-order valence-corrected chi connectivity index (χ1v) is 7.33. The van der Waals surface area contributed by atoms with Gasteiger partial charge in [-0.25, -0.2) is 0 Å². The number of aliphatic hydroxyl groups is 1. The van der Waals surface area contributed by atoms with Crippen LogP contribution < -0.4 is 4.90 Å². The van der Waals surface area contributed by atoms with Crippen LogP contribution in [0.15, 0.2) is 18.2 Å². The largest absolute Gasteiger partial charge is 0.392 e. The van der Waals surface area contributed by atoms with Crippen LogP contribution in [0.4, 0.5) is 5.69 Å². The van der Waals surface area contributed by atoms with Gasteiger partial charge in [-0.15, -0.1) is 0 Å². The summed E-state index contributed by atoms with van der Waals surface area (Å²) in [6.07, 6.45) is 0. The average molecular weight is 281 g/mol. The Hall–Kier alpha value is -1.10. The second-order valence-corrected chi connectivity index (χ2v) is 4.66. The summed E-state index contributed by atoms with van der Waals surface area (Å²) in [7, 11) is 0. The molecule has 4 nitrogen and oxygen atoms in total. The highest BCUT2D eigenvalue weighted by Crippen LogP contribution is 2.21. The van der Waals surface area contributed by atoms with Gasteiger partial charge < -0.3 is 19.5 Å². The predicted molar refractivity (Wildman–Crippen MR) is 82.3 cm³/mol. The zero-order valence-corrected chi connectivity index (χ0v) is 12.9. The Labute approximate surface area is 122 Å². The summed E-state index contributed by atoms with van der Waals surface area (Å²) >= 11 is 0. The first-order chi connectivity index (χ1) is 9.72. The van der Waals surface area contributed by atoms with Gasteiger partial charge in [-0.2, -0.15) is 0 Å². The Morgan fingerprint density at radius 3 is 2.10 bits per heavy atom. The number of benzene rings is 1. The van der Waals surface area contributed by atoms with Gasteiger partial charge in [0.05, 0.1) is 19.8 Å². The van der Waals surface area contributed by atoms with E-state index in [4.69, 9.17) is 9.47 Å². The van der Waals surface area contributed by atoms with Crippen LogP contribution in [-0.2, 0) is 16.1 Å². The van der Waals surface area contributed by atoms with Crippen molar-refractivity contribution in [3.8, 4) is 0 Å². The van der Waals surface area contributed by atoms with Crippen molar-refractivity contribution >= 4 is 5.69 Å². The number of ether oxygens (including phenoxy) is 2. The van der Waals surface area contributed by atoms with Crippen LogP contribution in [0.1, 0.15) is 25.0 Å². The van der Waals surface area contributed by atoms with E-state index in [2.05, 4.69) is 17.9 Å². The van der Waals surface area contributed by atoms with Gasteiger partial charge in [0.15, 0.2) is 0 Å². The average Bonchev–Trinajstić information content (AvgIpc) is 2.46. The maximum Gasteiger partial charge on any atom is 0.0681 e. The maximum atomic E-state index is 9.18. The van der Waals surface area contributed by atoms with Crippen molar-refractivity contribution in [2.24, 2.45) is 0 Å². The summed E-state index contributed by atoms with van der Waals surface area (Å²) in [5, 5.41) is 9.18. The number of hydrogen-bond acceptors (Lipinski definition) is 4. The Bertz CT molecular complexity index is 372. The van der Waals surface area contributed by atoms with Gasteiger partial charge in [0.2, 0.25) is 0 Å². The second kappa shape index (κ2) is 9.75. The summed E-state index contributed by atoms with van der Waals surface area (Å²) in [6, 6.07) is 6.07. The van der Waals surface area contributed by atoms with Gasteiger partial charge in [-0.3, -0.25) is 0 Å². The monoisotopic (exact) mass is 281 g/mol. The molecule has 0 spiro atoms. The molecule has 0 radical (unpaired) electrons. The molecule has 0 saturated carbocycles. The normalized spacial score (nSPS) is 10.8. The lowest BCUT2D eigenvalue weighted by Gasteiger charge is -2.26. The minimum absolute atomic E-state index is 0.0824. The van der Waals surface area contributed by atoms with Crippen LogP contribution in [0, 0.1) is 6.92 Å². The number of hydrogen-bond donors (Lipinski definition) is 1. The number of anilines is 1. The molecule has 0 aromatic heterocycles. The van der Waals surface area contributed by atoms with Crippen molar-refractivity contribution in [3.05, 3.63) is 29.3 Å². The van der Waals surface area contributed by atoms with E-state index in [9.17, 15) is 5.11 Å². The van der Waals surface area contributed by atoms with E-state index >= 15 is 0 Å². The number of aryl methyl sites for hydroxylation is 1. The second-order valence-electron chi connectivity index (χ2n) is 4.66. The topological polar surface area (TPSA) is 41.9 Å². The fraction of sp³-hybridized carbons (Fsp3) is 0.625. The lowest BCUT2D eigenvalue weighted by Crippen LogP contribution is -2.31. The molecule has 0 bridgehead atoms. The van der Waals surface area contributed by atoms with Crippen LogP contribution in [0.25, 0.3) is 0 Å². The molecule has 0 amide bonds. The summed E-state index contributed by atoms with van der Waals surface area (Å²) in [6.45, 7) is 10.8. The Morgan fingerprint density at radius 1 is 1.05 bits per heavy atom. The molecule has 1 aromatic carbocycles. The molecule has 20 heavy (non-hydrogen) atoms. The van der Waals surface area contributed by atoms with Gasteiger partial charge in [0.25, 0.3) is 0 Å². The first kappa shape index (κ1) is 17.0. The maximum absolute atomic E-state index is 9.18. The van der Waals surface area contributed by atoms with E-state index in [1.54, 1.807) is 0 Å². The highest BCUT2D eigenvalue weighted by molar-refractivity contribution is 5.54. The molecule has 0 atom stereocenters. The molecule has 1 N–H and O–H groups in total. The van der Waals surface area contributed by atoms with E-state index in [1.165, 1.54) is 11.3 Å². The van der Waals surface area contributed by atoms with Gasteiger partial charge in [-0.05, 0) is 38.0 Å². The highest BCUT2D eigenvalue weighted by Gasteiger charge is 2.09.